The molecule has 5 nitrogen and oxygen atoms in total. The number of aliphatic hydroxyl groups is 1. The zero-order chi connectivity index (χ0) is 13.7. The molecule has 1 fully saturated rings. The number of nitrogens with one attached hydrogen (secondary N) is 3. The van der Waals surface area contributed by atoms with Crippen molar-refractivity contribution in [2.45, 2.75) is 31.9 Å². The van der Waals surface area contributed by atoms with Crippen molar-refractivity contribution < 1.29 is 9.90 Å². The zero-order valence-corrected chi connectivity index (χ0v) is 12.4. The van der Waals surface area contributed by atoms with Crippen LogP contribution in [0.2, 0.25) is 0 Å². The molecule has 0 bridgehead atoms. The standard InChI is InChI=1S/C14H21N3O2.ClH/c1-2-10-3-5-11(6-4-10)16-14(19)17-12-9-15-8-7-13(12)18;/h3-6,12-13,15,18H,2,7-9H2,1H3,(H2,16,17,19);1H/t12-,13-;/m1./s1. The maximum absolute atomic E-state index is 11.8. The molecule has 2 rings (SSSR count). The quantitative estimate of drug-likeness (QED) is 0.684. The van der Waals surface area contributed by atoms with Crippen LogP contribution in [0.1, 0.15) is 18.9 Å². The summed E-state index contributed by atoms with van der Waals surface area (Å²) in [6, 6.07) is 7.24. The van der Waals surface area contributed by atoms with E-state index in [2.05, 4.69) is 22.9 Å². The summed E-state index contributed by atoms with van der Waals surface area (Å²) >= 11 is 0. The van der Waals surface area contributed by atoms with Gasteiger partial charge in [-0.3, -0.25) is 0 Å². The number of aliphatic hydroxyl groups excluding tert-OH is 1. The summed E-state index contributed by atoms with van der Waals surface area (Å²) < 4.78 is 0. The lowest BCUT2D eigenvalue weighted by Gasteiger charge is -2.29. The molecule has 112 valence electrons. The predicted molar refractivity (Wildman–Crippen MR) is 82.5 cm³/mol. The summed E-state index contributed by atoms with van der Waals surface area (Å²) in [6.45, 7) is 3.48. The van der Waals surface area contributed by atoms with E-state index in [-0.39, 0.29) is 24.5 Å². The first kappa shape index (κ1) is 16.8. The van der Waals surface area contributed by atoms with Gasteiger partial charge in [0.2, 0.25) is 0 Å². The molecule has 0 aromatic heterocycles. The third kappa shape index (κ3) is 4.67. The normalized spacial score (nSPS) is 21.7. The fourth-order valence-electron chi connectivity index (χ4n) is 2.15. The molecule has 2 atom stereocenters. The number of hydrogen-bond donors (Lipinski definition) is 4. The highest BCUT2D eigenvalue weighted by atomic mass is 35.5. The molecule has 0 aliphatic carbocycles. The van der Waals surface area contributed by atoms with Crippen molar-refractivity contribution in [3.8, 4) is 0 Å². The molecule has 1 aromatic carbocycles. The predicted octanol–water partition coefficient (Wildman–Crippen LogP) is 1.52. The first-order valence-electron chi connectivity index (χ1n) is 6.74. The number of amides is 2. The summed E-state index contributed by atoms with van der Waals surface area (Å²) in [5, 5.41) is 18.5. The summed E-state index contributed by atoms with van der Waals surface area (Å²) in [6.07, 6.45) is 1.16. The Morgan fingerprint density at radius 1 is 1.40 bits per heavy atom. The second-order valence-electron chi connectivity index (χ2n) is 4.82. The van der Waals surface area contributed by atoms with Crippen LogP contribution >= 0.6 is 12.4 Å². The Morgan fingerprint density at radius 2 is 2.10 bits per heavy atom. The molecule has 0 unspecified atom stereocenters. The van der Waals surface area contributed by atoms with Gasteiger partial charge >= 0.3 is 6.03 Å². The van der Waals surface area contributed by atoms with Crippen molar-refractivity contribution in [1.29, 1.82) is 0 Å². The second-order valence-corrected chi connectivity index (χ2v) is 4.82. The van der Waals surface area contributed by atoms with Crippen LogP contribution in [0.25, 0.3) is 0 Å². The van der Waals surface area contributed by atoms with Crippen molar-refractivity contribution >= 4 is 24.1 Å². The van der Waals surface area contributed by atoms with Gasteiger partial charge in [-0.05, 0) is 37.1 Å². The van der Waals surface area contributed by atoms with Crippen LogP contribution in [-0.4, -0.2) is 36.4 Å². The van der Waals surface area contributed by atoms with E-state index in [1.807, 2.05) is 24.3 Å². The molecular formula is C14H22ClN3O2. The lowest BCUT2D eigenvalue weighted by atomic mass is 10.0. The van der Waals surface area contributed by atoms with Gasteiger partial charge in [0.05, 0.1) is 12.1 Å². The van der Waals surface area contributed by atoms with Gasteiger partial charge in [0.25, 0.3) is 0 Å². The van der Waals surface area contributed by atoms with Crippen molar-refractivity contribution in [3.63, 3.8) is 0 Å². The number of hydrogen-bond acceptors (Lipinski definition) is 3. The Labute approximate surface area is 125 Å². The summed E-state index contributed by atoms with van der Waals surface area (Å²) in [5.41, 5.74) is 1.99. The number of carbonyl (C=O) groups excluding carboxylic acids is 1. The van der Waals surface area contributed by atoms with E-state index in [9.17, 15) is 9.90 Å². The molecule has 6 heteroatoms. The van der Waals surface area contributed by atoms with E-state index in [0.717, 1.165) is 18.7 Å². The van der Waals surface area contributed by atoms with E-state index >= 15 is 0 Å². The minimum atomic E-state index is -0.477. The van der Waals surface area contributed by atoms with Gasteiger partial charge in [-0.25, -0.2) is 4.79 Å². The van der Waals surface area contributed by atoms with Gasteiger partial charge < -0.3 is 21.1 Å². The highest BCUT2D eigenvalue weighted by molar-refractivity contribution is 5.89. The van der Waals surface area contributed by atoms with E-state index in [1.54, 1.807) is 0 Å². The largest absolute Gasteiger partial charge is 0.391 e. The third-order valence-corrected chi connectivity index (χ3v) is 3.38. The van der Waals surface area contributed by atoms with Gasteiger partial charge in [0, 0.05) is 12.2 Å². The molecule has 1 heterocycles. The Hall–Kier alpha value is -1.30. The molecule has 0 saturated carbocycles. The van der Waals surface area contributed by atoms with Crippen LogP contribution in [0, 0.1) is 0 Å². The molecule has 1 aromatic rings. The van der Waals surface area contributed by atoms with Crippen LogP contribution in [-0.2, 0) is 6.42 Å². The molecule has 2 amide bonds. The minimum Gasteiger partial charge on any atom is -0.391 e. The Bertz CT molecular complexity index is 425. The maximum Gasteiger partial charge on any atom is 0.319 e. The molecule has 1 saturated heterocycles. The van der Waals surface area contributed by atoms with Gasteiger partial charge in [0.15, 0.2) is 0 Å². The Balaban J connectivity index is 0.00000200. The average Bonchev–Trinajstić information content (AvgIpc) is 2.42. The number of piperidine rings is 1. The summed E-state index contributed by atoms with van der Waals surface area (Å²) in [4.78, 5) is 11.8. The van der Waals surface area contributed by atoms with Crippen molar-refractivity contribution in [2.75, 3.05) is 18.4 Å². The fourth-order valence-corrected chi connectivity index (χ4v) is 2.15. The highest BCUT2D eigenvalue weighted by Gasteiger charge is 2.24. The molecule has 1 aliphatic heterocycles. The molecule has 0 spiro atoms. The molecule has 1 aliphatic rings. The molecule has 0 radical (unpaired) electrons. The Kier molecular flexibility index (Phi) is 6.78. The summed E-state index contributed by atoms with van der Waals surface area (Å²) in [7, 11) is 0. The monoisotopic (exact) mass is 299 g/mol. The number of benzene rings is 1. The SMILES string of the molecule is CCc1ccc(NC(=O)N[C@@H]2CNCC[C@H]2O)cc1.Cl. The highest BCUT2D eigenvalue weighted by Crippen LogP contribution is 2.10. The number of carbonyl (C=O) groups is 1. The second kappa shape index (κ2) is 8.09. The smallest absolute Gasteiger partial charge is 0.319 e. The lowest BCUT2D eigenvalue weighted by Crippen LogP contribution is -2.54. The maximum atomic E-state index is 11.8. The van der Waals surface area contributed by atoms with Crippen LogP contribution in [0.5, 0.6) is 0 Å². The number of halogens is 1. The van der Waals surface area contributed by atoms with Gasteiger partial charge in [-0.2, -0.15) is 0 Å². The average molecular weight is 300 g/mol. The van der Waals surface area contributed by atoms with Gasteiger partial charge in [-0.15, -0.1) is 12.4 Å². The minimum absolute atomic E-state index is 0. The first-order valence-corrected chi connectivity index (χ1v) is 6.74. The molecular weight excluding hydrogens is 278 g/mol. The molecule has 4 N–H and O–H groups in total. The van der Waals surface area contributed by atoms with Gasteiger partial charge in [-0.1, -0.05) is 19.1 Å². The molecule has 20 heavy (non-hydrogen) atoms. The van der Waals surface area contributed by atoms with E-state index in [1.165, 1.54) is 5.56 Å². The Morgan fingerprint density at radius 3 is 2.70 bits per heavy atom. The fraction of sp³-hybridized carbons (Fsp3) is 0.500. The van der Waals surface area contributed by atoms with E-state index < -0.39 is 6.10 Å². The first-order chi connectivity index (χ1) is 9.19. The number of aryl methyl sites for hydroxylation is 1. The van der Waals surface area contributed by atoms with E-state index in [4.69, 9.17) is 0 Å². The van der Waals surface area contributed by atoms with Crippen molar-refractivity contribution in [1.82, 2.24) is 10.6 Å². The van der Waals surface area contributed by atoms with Crippen molar-refractivity contribution in [2.24, 2.45) is 0 Å². The van der Waals surface area contributed by atoms with Crippen molar-refractivity contribution in [3.05, 3.63) is 29.8 Å². The summed E-state index contributed by atoms with van der Waals surface area (Å²) in [5.74, 6) is 0. The van der Waals surface area contributed by atoms with Crippen LogP contribution in [0.4, 0.5) is 10.5 Å². The zero-order valence-electron chi connectivity index (χ0n) is 11.6. The number of anilines is 1. The van der Waals surface area contributed by atoms with Crippen LogP contribution in [0.3, 0.4) is 0 Å². The lowest BCUT2D eigenvalue weighted by molar-refractivity contribution is 0.103. The van der Waals surface area contributed by atoms with Gasteiger partial charge in [0.1, 0.15) is 0 Å². The van der Waals surface area contributed by atoms with Crippen LogP contribution in [0.15, 0.2) is 24.3 Å². The van der Waals surface area contributed by atoms with E-state index in [0.29, 0.717) is 13.0 Å². The number of urea groups is 1. The third-order valence-electron chi connectivity index (χ3n) is 3.38. The van der Waals surface area contributed by atoms with Crippen LogP contribution < -0.4 is 16.0 Å². The topological polar surface area (TPSA) is 73.4 Å². The number of rotatable bonds is 3.